The van der Waals surface area contributed by atoms with Crippen molar-refractivity contribution in [2.75, 3.05) is 0 Å². The van der Waals surface area contributed by atoms with Gasteiger partial charge < -0.3 is 0 Å². The normalized spacial score (nSPS) is 33.9. The molecular weight excluding hydrogens is 240 g/mol. The zero-order chi connectivity index (χ0) is 14.3. The zero-order valence-corrected chi connectivity index (χ0v) is 14.3. The topological polar surface area (TPSA) is 0 Å². The van der Waals surface area contributed by atoms with Crippen LogP contribution in [0.4, 0.5) is 0 Å². The van der Waals surface area contributed by atoms with Crippen molar-refractivity contribution < 1.29 is 0 Å². The Morgan fingerprint density at radius 2 is 0.950 bits per heavy atom. The Morgan fingerprint density at radius 1 is 0.500 bits per heavy atom. The molecular formula is C20H38. The van der Waals surface area contributed by atoms with Crippen molar-refractivity contribution in [3.05, 3.63) is 0 Å². The first-order chi connectivity index (χ1) is 9.67. The molecule has 2 rings (SSSR count). The van der Waals surface area contributed by atoms with Crippen molar-refractivity contribution in [2.24, 2.45) is 17.3 Å². The Balaban J connectivity index is 1.96. The van der Waals surface area contributed by atoms with Crippen molar-refractivity contribution >= 4 is 0 Å². The Labute approximate surface area is 128 Å². The first kappa shape index (κ1) is 16.4. The van der Waals surface area contributed by atoms with Crippen LogP contribution in [-0.2, 0) is 0 Å². The minimum atomic E-state index is 0.612. The van der Waals surface area contributed by atoms with Gasteiger partial charge in [-0.25, -0.2) is 0 Å². The minimum Gasteiger partial charge on any atom is -0.0599 e. The van der Waals surface area contributed by atoms with Crippen LogP contribution in [0.15, 0.2) is 0 Å². The SMILES string of the molecule is CC1(C)CCCCC2CCCCCCCCCC2CC1. The molecule has 0 bridgehead atoms. The summed E-state index contributed by atoms with van der Waals surface area (Å²) in [6.45, 7) is 5.02. The third kappa shape index (κ3) is 5.78. The molecule has 0 N–H and O–H groups in total. The van der Waals surface area contributed by atoms with E-state index in [0.29, 0.717) is 5.41 Å². The van der Waals surface area contributed by atoms with Crippen molar-refractivity contribution in [1.29, 1.82) is 0 Å². The van der Waals surface area contributed by atoms with Crippen LogP contribution in [0, 0.1) is 17.3 Å². The fourth-order valence-corrected chi connectivity index (χ4v) is 4.64. The van der Waals surface area contributed by atoms with Gasteiger partial charge in [-0.2, -0.15) is 0 Å². The van der Waals surface area contributed by atoms with Crippen molar-refractivity contribution in [3.8, 4) is 0 Å². The first-order valence-electron chi connectivity index (χ1n) is 9.67. The highest BCUT2D eigenvalue weighted by Gasteiger charge is 2.27. The predicted molar refractivity (Wildman–Crippen MR) is 90.0 cm³/mol. The zero-order valence-electron chi connectivity index (χ0n) is 14.3. The summed E-state index contributed by atoms with van der Waals surface area (Å²) in [6.07, 6.45) is 22.6. The minimum absolute atomic E-state index is 0.612. The lowest BCUT2D eigenvalue weighted by Crippen LogP contribution is -2.17. The van der Waals surface area contributed by atoms with Crippen LogP contribution in [0.2, 0.25) is 0 Å². The quantitative estimate of drug-likeness (QED) is 0.442. The summed E-state index contributed by atoms with van der Waals surface area (Å²) in [6, 6.07) is 0. The van der Waals surface area contributed by atoms with Gasteiger partial charge in [0, 0.05) is 0 Å². The summed E-state index contributed by atoms with van der Waals surface area (Å²) in [4.78, 5) is 0. The second-order valence-corrected chi connectivity index (χ2v) is 8.52. The molecule has 0 spiro atoms. The van der Waals surface area contributed by atoms with E-state index in [-0.39, 0.29) is 0 Å². The van der Waals surface area contributed by atoms with E-state index in [1.807, 2.05) is 0 Å². The van der Waals surface area contributed by atoms with E-state index in [2.05, 4.69) is 13.8 Å². The van der Waals surface area contributed by atoms with Gasteiger partial charge in [-0.15, -0.1) is 0 Å². The molecule has 0 amide bonds. The number of fused-ring (bicyclic) bond motifs is 1. The molecule has 0 aromatic rings. The summed E-state index contributed by atoms with van der Waals surface area (Å²) in [7, 11) is 0. The van der Waals surface area contributed by atoms with E-state index in [1.165, 1.54) is 77.0 Å². The molecule has 2 saturated carbocycles. The van der Waals surface area contributed by atoms with Crippen LogP contribution < -0.4 is 0 Å². The van der Waals surface area contributed by atoms with Gasteiger partial charge in [-0.05, 0) is 36.5 Å². The third-order valence-corrected chi connectivity index (χ3v) is 6.19. The van der Waals surface area contributed by atoms with Gasteiger partial charge in [0.05, 0.1) is 0 Å². The lowest BCUT2D eigenvalue weighted by atomic mass is 9.76. The first-order valence-corrected chi connectivity index (χ1v) is 9.67. The standard InChI is InChI=1S/C20H38/c1-20(2)16-11-10-14-18-12-8-6-4-3-5-7-9-13-19(18)15-17-20/h18-19H,3-17H2,1-2H3. The molecule has 0 heteroatoms. The number of hydrogen-bond acceptors (Lipinski definition) is 0. The van der Waals surface area contributed by atoms with E-state index in [9.17, 15) is 0 Å². The molecule has 2 fully saturated rings. The summed E-state index contributed by atoms with van der Waals surface area (Å²) >= 11 is 0. The van der Waals surface area contributed by atoms with E-state index >= 15 is 0 Å². The summed E-state index contributed by atoms with van der Waals surface area (Å²) < 4.78 is 0. The highest BCUT2D eigenvalue weighted by atomic mass is 14.3. The smallest absolute Gasteiger partial charge is 0.0354 e. The average molecular weight is 279 g/mol. The molecule has 2 unspecified atom stereocenters. The van der Waals surface area contributed by atoms with Crippen LogP contribution in [0.3, 0.4) is 0 Å². The van der Waals surface area contributed by atoms with Gasteiger partial charge >= 0.3 is 0 Å². The van der Waals surface area contributed by atoms with Gasteiger partial charge in [0.2, 0.25) is 0 Å². The van der Waals surface area contributed by atoms with Crippen LogP contribution in [0.5, 0.6) is 0 Å². The summed E-state index contributed by atoms with van der Waals surface area (Å²) in [5.41, 5.74) is 0.612. The molecule has 118 valence electrons. The molecule has 2 aliphatic carbocycles. The van der Waals surface area contributed by atoms with Gasteiger partial charge in [0.25, 0.3) is 0 Å². The largest absolute Gasteiger partial charge is 0.0599 e. The lowest BCUT2D eigenvalue weighted by molar-refractivity contribution is 0.221. The van der Waals surface area contributed by atoms with E-state index < -0.39 is 0 Å². The second-order valence-electron chi connectivity index (χ2n) is 8.52. The monoisotopic (exact) mass is 278 g/mol. The Morgan fingerprint density at radius 3 is 1.55 bits per heavy atom. The highest BCUT2D eigenvalue weighted by molar-refractivity contribution is 4.79. The van der Waals surface area contributed by atoms with Crippen LogP contribution in [-0.4, -0.2) is 0 Å². The van der Waals surface area contributed by atoms with Gasteiger partial charge in [0.15, 0.2) is 0 Å². The summed E-state index contributed by atoms with van der Waals surface area (Å²) in [5.74, 6) is 2.13. The van der Waals surface area contributed by atoms with Crippen LogP contribution >= 0.6 is 0 Å². The van der Waals surface area contributed by atoms with Gasteiger partial charge in [-0.1, -0.05) is 90.9 Å². The Bertz CT molecular complexity index is 251. The maximum Gasteiger partial charge on any atom is -0.0354 e. The van der Waals surface area contributed by atoms with E-state index in [0.717, 1.165) is 11.8 Å². The Kier molecular flexibility index (Phi) is 6.91. The maximum absolute atomic E-state index is 2.51. The predicted octanol–water partition coefficient (Wildman–Crippen LogP) is 7.12. The molecule has 0 aliphatic heterocycles. The maximum atomic E-state index is 2.51. The molecule has 0 saturated heterocycles. The van der Waals surface area contributed by atoms with Gasteiger partial charge in [0.1, 0.15) is 0 Å². The molecule has 0 aromatic heterocycles. The van der Waals surface area contributed by atoms with Crippen molar-refractivity contribution in [2.45, 2.75) is 110 Å². The molecule has 0 radical (unpaired) electrons. The summed E-state index contributed by atoms with van der Waals surface area (Å²) in [5, 5.41) is 0. The van der Waals surface area contributed by atoms with Crippen LogP contribution in [0.1, 0.15) is 110 Å². The highest BCUT2D eigenvalue weighted by Crippen LogP contribution is 2.40. The molecule has 0 nitrogen and oxygen atoms in total. The molecule has 0 heterocycles. The van der Waals surface area contributed by atoms with Crippen molar-refractivity contribution in [3.63, 3.8) is 0 Å². The second kappa shape index (κ2) is 8.44. The molecule has 20 heavy (non-hydrogen) atoms. The molecule has 2 atom stereocenters. The third-order valence-electron chi connectivity index (χ3n) is 6.19. The van der Waals surface area contributed by atoms with E-state index in [4.69, 9.17) is 0 Å². The molecule has 0 aromatic carbocycles. The van der Waals surface area contributed by atoms with Crippen molar-refractivity contribution in [1.82, 2.24) is 0 Å². The fraction of sp³-hybridized carbons (Fsp3) is 1.00. The fourth-order valence-electron chi connectivity index (χ4n) is 4.64. The Hall–Kier alpha value is 0. The number of rotatable bonds is 0. The van der Waals surface area contributed by atoms with Crippen LogP contribution in [0.25, 0.3) is 0 Å². The van der Waals surface area contributed by atoms with Gasteiger partial charge in [-0.3, -0.25) is 0 Å². The lowest BCUT2D eigenvalue weighted by Gasteiger charge is -2.29. The average Bonchev–Trinajstić information content (AvgIpc) is 2.45. The molecule has 2 aliphatic rings. The number of hydrogen-bond donors (Lipinski definition) is 0. The van der Waals surface area contributed by atoms with E-state index in [1.54, 1.807) is 19.3 Å².